The standard InChI is InChI=1S/C21H29FN2O4S3/c22-10-2-1-7-21(8-3-9-21)17(25)5-4-14-12-23-18(26)15(14)6-11-30-31-20-24-16(13-29-20)19(27)28/h4-5,13-15,17,25H,1-3,6-12H2,(H,23,26)(H,27,28)/b5-4+/t14-,15+,17-/m1/s1. The molecule has 1 amide bonds. The van der Waals surface area contributed by atoms with E-state index in [9.17, 15) is 19.1 Å². The lowest BCUT2D eigenvalue weighted by Crippen LogP contribution is -2.40. The lowest BCUT2D eigenvalue weighted by molar-refractivity contribution is -0.122. The van der Waals surface area contributed by atoms with Crippen LogP contribution in [0, 0.1) is 17.3 Å². The van der Waals surface area contributed by atoms with Gasteiger partial charge in [0, 0.05) is 29.5 Å². The maximum absolute atomic E-state index is 12.4. The van der Waals surface area contributed by atoms with Gasteiger partial charge in [0.15, 0.2) is 10.0 Å². The third-order valence-corrected chi connectivity index (χ3v) is 9.86. The van der Waals surface area contributed by atoms with Gasteiger partial charge in [-0.15, -0.1) is 11.3 Å². The first kappa shape index (κ1) is 24.5. The van der Waals surface area contributed by atoms with Crippen molar-refractivity contribution in [1.82, 2.24) is 10.3 Å². The number of nitrogens with one attached hydrogen (secondary N) is 1. The van der Waals surface area contributed by atoms with Gasteiger partial charge in [-0.25, -0.2) is 9.78 Å². The van der Waals surface area contributed by atoms with E-state index in [4.69, 9.17) is 5.11 Å². The van der Waals surface area contributed by atoms with Crippen LogP contribution in [0.2, 0.25) is 0 Å². The van der Waals surface area contributed by atoms with E-state index < -0.39 is 12.1 Å². The zero-order valence-corrected chi connectivity index (χ0v) is 19.7. The average Bonchev–Trinajstić information content (AvgIpc) is 3.33. The number of hydrogen-bond donors (Lipinski definition) is 3. The molecular formula is C21H29FN2O4S3. The normalized spacial score (nSPS) is 23.6. The number of aliphatic hydroxyl groups excluding tert-OH is 1. The highest BCUT2D eigenvalue weighted by Gasteiger charge is 2.42. The van der Waals surface area contributed by atoms with Crippen molar-refractivity contribution in [2.75, 3.05) is 19.0 Å². The molecule has 1 aliphatic carbocycles. The largest absolute Gasteiger partial charge is 0.476 e. The highest BCUT2D eigenvalue weighted by Crippen LogP contribution is 2.48. The first-order chi connectivity index (χ1) is 14.9. The van der Waals surface area contributed by atoms with Gasteiger partial charge in [-0.3, -0.25) is 9.18 Å². The number of halogens is 1. The summed E-state index contributed by atoms with van der Waals surface area (Å²) in [5.41, 5.74) is -0.0624. The van der Waals surface area contributed by atoms with Crippen molar-refractivity contribution in [3.8, 4) is 0 Å². The first-order valence-corrected chi connectivity index (χ1v) is 13.8. The molecule has 3 atom stereocenters. The third kappa shape index (κ3) is 6.46. The maximum atomic E-state index is 12.4. The molecule has 0 bridgehead atoms. The zero-order valence-electron chi connectivity index (χ0n) is 17.3. The van der Waals surface area contributed by atoms with Crippen LogP contribution in [-0.4, -0.2) is 52.1 Å². The molecule has 1 aromatic rings. The number of aromatic nitrogens is 1. The molecule has 0 unspecified atom stereocenters. The Kier molecular flexibility index (Phi) is 9.24. The Bertz CT molecular complexity index is 784. The zero-order chi connectivity index (χ0) is 22.3. The number of unbranched alkanes of at least 4 members (excludes halogenated alkanes) is 1. The fourth-order valence-electron chi connectivity index (χ4n) is 4.24. The molecule has 0 spiro atoms. The van der Waals surface area contributed by atoms with Crippen molar-refractivity contribution in [2.24, 2.45) is 17.3 Å². The third-order valence-electron chi connectivity index (χ3n) is 6.29. The summed E-state index contributed by atoms with van der Waals surface area (Å²) in [6, 6.07) is 0. The van der Waals surface area contributed by atoms with Crippen LogP contribution in [-0.2, 0) is 4.79 Å². The molecule has 1 saturated heterocycles. The van der Waals surface area contributed by atoms with Gasteiger partial charge in [0.25, 0.3) is 0 Å². The number of aromatic carboxylic acids is 1. The fourth-order valence-corrected chi connectivity index (χ4v) is 7.47. The molecule has 1 saturated carbocycles. The first-order valence-electron chi connectivity index (χ1n) is 10.6. The van der Waals surface area contributed by atoms with E-state index in [1.165, 1.54) is 27.5 Å². The van der Waals surface area contributed by atoms with Crippen LogP contribution >= 0.6 is 32.9 Å². The molecule has 0 aromatic carbocycles. The molecule has 10 heteroatoms. The Balaban J connectivity index is 1.47. The molecule has 3 N–H and O–H groups in total. The number of rotatable bonds is 13. The number of carboxylic acid groups (broad SMARTS) is 1. The van der Waals surface area contributed by atoms with Crippen molar-refractivity contribution in [3.05, 3.63) is 23.2 Å². The SMILES string of the molecule is O=C(O)c1csc(SSCC[C@@H]2C(=O)NC[C@H]2/C=C/[C@@H](O)C2(CCCCF)CCC2)n1. The van der Waals surface area contributed by atoms with Gasteiger partial charge in [0.1, 0.15) is 0 Å². The molecule has 31 heavy (non-hydrogen) atoms. The molecule has 1 aromatic heterocycles. The molecule has 2 aliphatic rings. The second kappa shape index (κ2) is 11.7. The smallest absolute Gasteiger partial charge is 0.355 e. The highest BCUT2D eigenvalue weighted by molar-refractivity contribution is 8.77. The molecular weight excluding hydrogens is 459 g/mol. The molecule has 2 heterocycles. The van der Waals surface area contributed by atoms with E-state index in [1.807, 2.05) is 12.2 Å². The topological polar surface area (TPSA) is 99.5 Å². The predicted molar refractivity (Wildman–Crippen MR) is 123 cm³/mol. The Morgan fingerprint density at radius 2 is 2.26 bits per heavy atom. The van der Waals surface area contributed by atoms with E-state index in [0.29, 0.717) is 23.7 Å². The minimum absolute atomic E-state index is 0.0402. The Labute approximate surface area is 193 Å². The van der Waals surface area contributed by atoms with Gasteiger partial charge >= 0.3 is 5.97 Å². The van der Waals surface area contributed by atoms with Gasteiger partial charge in [-0.1, -0.05) is 35.8 Å². The minimum Gasteiger partial charge on any atom is -0.476 e. The van der Waals surface area contributed by atoms with Crippen LogP contribution in [0.25, 0.3) is 0 Å². The predicted octanol–water partition coefficient (Wildman–Crippen LogP) is 4.56. The number of aliphatic hydroxyl groups is 1. The number of hydrogen-bond acceptors (Lipinski definition) is 7. The number of carbonyl (C=O) groups excluding carboxylic acids is 1. The second-order valence-corrected chi connectivity index (χ2v) is 11.7. The van der Waals surface area contributed by atoms with Crippen LogP contribution in [0.4, 0.5) is 4.39 Å². The Morgan fingerprint density at radius 3 is 2.90 bits per heavy atom. The van der Waals surface area contributed by atoms with Crippen molar-refractivity contribution >= 4 is 44.8 Å². The van der Waals surface area contributed by atoms with Crippen molar-refractivity contribution in [1.29, 1.82) is 0 Å². The van der Waals surface area contributed by atoms with Crippen LogP contribution in [0.3, 0.4) is 0 Å². The summed E-state index contributed by atoms with van der Waals surface area (Å²) in [4.78, 5) is 27.2. The summed E-state index contributed by atoms with van der Waals surface area (Å²) in [6.07, 6.45) is 9.26. The van der Waals surface area contributed by atoms with E-state index in [1.54, 1.807) is 10.8 Å². The average molecular weight is 489 g/mol. The summed E-state index contributed by atoms with van der Waals surface area (Å²) in [5, 5.41) is 24.1. The van der Waals surface area contributed by atoms with Gasteiger partial charge in [0.05, 0.1) is 12.8 Å². The number of carboxylic acids is 1. The second-order valence-electron chi connectivity index (χ2n) is 8.21. The maximum Gasteiger partial charge on any atom is 0.355 e. The van der Waals surface area contributed by atoms with Crippen LogP contribution in [0.5, 0.6) is 0 Å². The Morgan fingerprint density at radius 1 is 1.45 bits per heavy atom. The molecule has 6 nitrogen and oxygen atoms in total. The monoisotopic (exact) mass is 488 g/mol. The molecule has 172 valence electrons. The van der Waals surface area contributed by atoms with Crippen LogP contribution in [0.1, 0.15) is 55.4 Å². The van der Waals surface area contributed by atoms with Gasteiger partial charge in [-0.2, -0.15) is 0 Å². The summed E-state index contributed by atoms with van der Waals surface area (Å²) >= 11 is 1.30. The quantitative estimate of drug-likeness (QED) is 0.213. The molecule has 3 rings (SSSR count). The number of alkyl halides is 1. The fraction of sp³-hybridized carbons (Fsp3) is 0.667. The van der Waals surface area contributed by atoms with E-state index in [-0.39, 0.29) is 35.5 Å². The van der Waals surface area contributed by atoms with Crippen LogP contribution in [0.15, 0.2) is 21.9 Å². The minimum atomic E-state index is -1.03. The van der Waals surface area contributed by atoms with Crippen LogP contribution < -0.4 is 5.32 Å². The van der Waals surface area contributed by atoms with E-state index in [2.05, 4.69) is 10.3 Å². The lowest BCUT2D eigenvalue weighted by atomic mass is 9.62. The van der Waals surface area contributed by atoms with Gasteiger partial charge in [0.2, 0.25) is 5.91 Å². The Hall–Kier alpha value is -1.10. The number of nitrogens with zero attached hydrogens (tertiary/aromatic N) is 1. The summed E-state index contributed by atoms with van der Waals surface area (Å²) < 4.78 is 13.1. The number of carbonyl (C=O) groups is 2. The number of thiazole rings is 1. The van der Waals surface area contributed by atoms with Crippen molar-refractivity contribution < 1.29 is 24.2 Å². The molecule has 0 radical (unpaired) electrons. The highest BCUT2D eigenvalue weighted by atomic mass is 33.1. The van der Waals surface area contributed by atoms with E-state index >= 15 is 0 Å². The molecule has 1 aliphatic heterocycles. The molecule has 2 fully saturated rings. The number of amides is 1. The lowest BCUT2D eigenvalue weighted by Gasteiger charge is -2.45. The van der Waals surface area contributed by atoms with Gasteiger partial charge < -0.3 is 15.5 Å². The van der Waals surface area contributed by atoms with Gasteiger partial charge in [-0.05, 0) is 48.3 Å². The summed E-state index contributed by atoms with van der Waals surface area (Å²) in [7, 11) is 2.99. The van der Waals surface area contributed by atoms with E-state index in [0.717, 1.165) is 37.9 Å². The van der Waals surface area contributed by atoms with Crippen molar-refractivity contribution in [3.63, 3.8) is 0 Å². The summed E-state index contributed by atoms with van der Waals surface area (Å²) in [5.74, 6) is -0.331. The summed E-state index contributed by atoms with van der Waals surface area (Å²) in [6.45, 7) is 0.271. The van der Waals surface area contributed by atoms with Crippen molar-refractivity contribution in [2.45, 2.75) is 55.4 Å².